The second-order valence-corrected chi connectivity index (χ2v) is 5.91. The Kier molecular flexibility index (Phi) is 8.04. The van der Waals surface area contributed by atoms with Gasteiger partial charge in [0, 0.05) is 6.54 Å². The van der Waals surface area contributed by atoms with Gasteiger partial charge in [-0.25, -0.2) is 0 Å². The minimum Gasteiger partial charge on any atom is -1.00 e. The smallest absolute Gasteiger partial charge is 0.137 e. The summed E-state index contributed by atoms with van der Waals surface area (Å²) in [5.41, 5.74) is 6.81. The average molecular weight is 331 g/mol. The van der Waals surface area contributed by atoms with E-state index in [9.17, 15) is 0 Å². The second kappa shape index (κ2) is 8.44. The summed E-state index contributed by atoms with van der Waals surface area (Å²) in [4.78, 5) is 0. The molecule has 0 amide bonds. The van der Waals surface area contributed by atoms with Gasteiger partial charge >= 0.3 is 0 Å². The number of quaternary nitrogens is 1. The number of hydrogen-bond acceptors (Lipinski definition) is 2. The predicted octanol–water partition coefficient (Wildman–Crippen LogP) is -0.191. The summed E-state index contributed by atoms with van der Waals surface area (Å²) in [6, 6.07) is 12.5. The van der Waals surface area contributed by atoms with Crippen LogP contribution in [0.3, 0.4) is 0 Å². The van der Waals surface area contributed by atoms with Gasteiger partial charge in [0.25, 0.3) is 0 Å². The van der Waals surface area contributed by atoms with Crippen molar-refractivity contribution in [1.29, 1.82) is 0 Å². The van der Waals surface area contributed by atoms with Crippen molar-refractivity contribution in [3.63, 3.8) is 0 Å². The Morgan fingerprint density at radius 2 is 1.62 bits per heavy atom. The van der Waals surface area contributed by atoms with Gasteiger partial charge in [-0.2, -0.15) is 0 Å². The van der Waals surface area contributed by atoms with Gasteiger partial charge in [0.05, 0.1) is 21.1 Å². The number of likely N-dealkylation sites (N-methyl/N-ethyl adjacent to an activating group) is 1. The maximum Gasteiger partial charge on any atom is 0.137 e. The molecule has 0 aromatic heterocycles. The van der Waals surface area contributed by atoms with Crippen molar-refractivity contribution >= 4 is 23.2 Å². The van der Waals surface area contributed by atoms with Gasteiger partial charge in [0.1, 0.15) is 18.9 Å². The minimum atomic E-state index is 0. The molecule has 0 radical (unpaired) electrons. The van der Waals surface area contributed by atoms with Gasteiger partial charge in [-0.3, -0.25) is 0 Å². The first-order valence-electron chi connectivity index (χ1n) is 6.64. The van der Waals surface area contributed by atoms with Crippen LogP contribution < -0.4 is 22.9 Å². The van der Waals surface area contributed by atoms with Crippen molar-refractivity contribution in [2.24, 2.45) is 5.73 Å². The molecule has 0 aliphatic carbocycles. The molecule has 2 aromatic rings. The number of ether oxygens (including phenoxy) is 1. The lowest BCUT2D eigenvalue weighted by molar-refractivity contribution is -0.870. The van der Waals surface area contributed by atoms with E-state index in [2.05, 4.69) is 51.5 Å². The van der Waals surface area contributed by atoms with Gasteiger partial charge < -0.3 is 27.4 Å². The van der Waals surface area contributed by atoms with Crippen molar-refractivity contribution in [2.75, 3.05) is 34.3 Å². The number of halogens is 2. The maximum atomic E-state index is 5.81. The molecule has 0 unspecified atom stereocenters. The highest BCUT2D eigenvalue weighted by molar-refractivity contribution is 5.85. The summed E-state index contributed by atoms with van der Waals surface area (Å²) in [6.07, 6.45) is 0. The Balaban J connectivity index is 0.00000200. The Bertz CT molecular complexity index is 568. The largest absolute Gasteiger partial charge is 1.00 e. The summed E-state index contributed by atoms with van der Waals surface area (Å²) >= 11 is 0. The van der Waals surface area contributed by atoms with Crippen LogP contribution in [0.25, 0.3) is 10.8 Å². The number of nitrogens with zero attached hydrogens (tertiary/aromatic N) is 1. The van der Waals surface area contributed by atoms with E-state index in [0.717, 1.165) is 28.9 Å². The van der Waals surface area contributed by atoms with E-state index in [-0.39, 0.29) is 24.8 Å². The molecule has 2 rings (SSSR count). The van der Waals surface area contributed by atoms with E-state index in [0.29, 0.717) is 6.54 Å². The molecule has 2 aromatic carbocycles. The van der Waals surface area contributed by atoms with Crippen LogP contribution in [0.4, 0.5) is 0 Å². The fraction of sp³-hybridized carbons (Fsp3) is 0.375. The van der Waals surface area contributed by atoms with Crippen molar-refractivity contribution in [3.05, 3.63) is 42.0 Å². The summed E-state index contributed by atoms with van der Waals surface area (Å²) in [5.74, 6) is 0.932. The summed E-state index contributed by atoms with van der Waals surface area (Å²) in [6.45, 7) is 2.30. The molecule has 0 heterocycles. The molecule has 0 saturated heterocycles. The van der Waals surface area contributed by atoms with Crippen LogP contribution in [-0.4, -0.2) is 38.8 Å². The highest BCUT2D eigenvalue weighted by Gasteiger charge is 2.06. The van der Waals surface area contributed by atoms with Gasteiger partial charge in [0.2, 0.25) is 0 Å². The lowest BCUT2D eigenvalue weighted by Crippen LogP contribution is -3.00. The third kappa shape index (κ3) is 6.10. The zero-order valence-electron chi connectivity index (χ0n) is 12.8. The van der Waals surface area contributed by atoms with Crippen LogP contribution in [0.2, 0.25) is 0 Å². The molecule has 2 N–H and O–H groups in total. The van der Waals surface area contributed by atoms with Crippen LogP contribution in [0.15, 0.2) is 36.4 Å². The van der Waals surface area contributed by atoms with Crippen molar-refractivity contribution in [2.45, 2.75) is 6.54 Å². The lowest BCUT2D eigenvalue weighted by Gasteiger charge is -2.23. The van der Waals surface area contributed by atoms with Gasteiger partial charge in [-0.15, -0.1) is 12.4 Å². The summed E-state index contributed by atoms with van der Waals surface area (Å²) in [5, 5.41) is 2.40. The SMILES string of the molecule is C[N+](C)(C)CCOc1ccc2cc(CN)ccc2c1.Cl.[Cl-]. The van der Waals surface area contributed by atoms with Crippen molar-refractivity contribution in [1.82, 2.24) is 0 Å². The fourth-order valence-electron chi connectivity index (χ4n) is 1.93. The van der Waals surface area contributed by atoms with Crippen LogP contribution in [0.5, 0.6) is 5.75 Å². The zero-order chi connectivity index (χ0) is 13.9. The molecule has 5 heteroatoms. The highest BCUT2D eigenvalue weighted by Crippen LogP contribution is 2.22. The molecule has 0 fully saturated rings. The minimum absolute atomic E-state index is 0. The average Bonchev–Trinajstić information content (AvgIpc) is 2.36. The van der Waals surface area contributed by atoms with Crippen LogP contribution in [-0.2, 0) is 6.54 Å². The third-order valence-electron chi connectivity index (χ3n) is 3.14. The number of fused-ring (bicyclic) bond motifs is 1. The summed E-state index contributed by atoms with van der Waals surface area (Å²) in [7, 11) is 6.49. The molecule has 0 spiro atoms. The first-order valence-corrected chi connectivity index (χ1v) is 6.64. The number of benzene rings is 2. The molecule has 21 heavy (non-hydrogen) atoms. The van der Waals surface area contributed by atoms with E-state index >= 15 is 0 Å². The molecular weight excluding hydrogens is 307 g/mol. The number of rotatable bonds is 5. The molecule has 118 valence electrons. The molecule has 3 nitrogen and oxygen atoms in total. The van der Waals surface area contributed by atoms with Gasteiger partial charge in [0.15, 0.2) is 0 Å². The van der Waals surface area contributed by atoms with E-state index < -0.39 is 0 Å². The zero-order valence-corrected chi connectivity index (χ0v) is 14.4. The van der Waals surface area contributed by atoms with E-state index in [4.69, 9.17) is 10.5 Å². The summed E-state index contributed by atoms with van der Waals surface area (Å²) < 4.78 is 6.72. The quantitative estimate of drug-likeness (QED) is 0.771. The molecule has 0 saturated carbocycles. The number of hydrogen-bond donors (Lipinski definition) is 1. The third-order valence-corrected chi connectivity index (χ3v) is 3.14. The second-order valence-electron chi connectivity index (χ2n) is 5.91. The van der Waals surface area contributed by atoms with Crippen LogP contribution in [0, 0.1) is 0 Å². The van der Waals surface area contributed by atoms with Gasteiger partial charge in [-0.05, 0) is 34.5 Å². The van der Waals surface area contributed by atoms with Crippen molar-refractivity contribution in [3.8, 4) is 5.75 Å². The monoisotopic (exact) mass is 330 g/mol. The Hall–Kier alpha value is -1.000. The van der Waals surface area contributed by atoms with E-state index in [1.54, 1.807) is 0 Å². The van der Waals surface area contributed by atoms with Crippen LogP contribution in [0.1, 0.15) is 5.56 Å². The Morgan fingerprint density at radius 3 is 2.24 bits per heavy atom. The lowest BCUT2D eigenvalue weighted by atomic mass is 10.1. The molecular formula is C16H24Cl2N2O. The van der Waals surface area contributed by atoms with E-state index in [1.165, 1.54) is 10.8 Å². The molecule has 0 aliphatic heterocycles. The van der Waals surface area contributed by atoms with Crippen molar-refractivity contribution < 1.29 is 21.6 Å². The normalized spacial score (nSPS) is 10.7. The van der Waals surface area contributed by atoms with E-state index in [1.807, 2.05) is 6.07 Å². The standard InChI is InChI=1S/C16H23N2O.2ClH/c1-18(2,3)8-9-19-16-7-6-14-10-13(12-17)4-5-15(14)11-16;;/h4-7,10-11H,8-9,12,17H2,1-3H3;2*1H/q+1;;/p-1. The van der Waals surface area contributed by atoms with Gasteiger partial charge in [-0.1, -0.05) is 18.2 Å². The fourth-order valence-corrected chi connectivity index (χ4v) is 1.93. The maximum absolute atomic E-state index is 5.81. The predicted molar refractivity (Wildman–Crippen MR) is 87.5 cm³/mol. The molecule has 0 atom stereocenters. The van der Waals surface area contributed by atoms with Crippen LogP contribution >= 0.6 is 12.4 Å². The topological polar surface area (TPSA) is 35.2 Å². The first-order chi connectivity index (χ1) is 8.98. The Labute approximate surface area is 139 Å². The molecule has 0 bridgehead atoms. The first kappa shape index (κ1) is 20.0. The molecule has 0 aliphatic rings. The Morgan fingerprint density at radius 1 is 1.00 bits per heavy atom. The highest BCUT2D eigenvalue weighted by atomic mass is 35.5. The number of nitrogens with two attached hydrogens (primary N) is 1.